The molecular weight excluding hydrogens is 328 g/mol. The number of nitrogens with one attached hydrogen (secondary N) is 1. The molecule has 1 aromatic heterocycles. The lowest BCUT2D eigenvalue weighted by atomic mass is 9.73. The number of hydrogen-bond acceptors (Lipinski definition) is 4. The molecule has 0 saturated carbocycles. The van der Waals surface area contributed by atoms with Crippen LogP contribution in [0.3, 0.4) is 0 Å². The highest BCUT2D eigenvalue weighted by Crippen LogP contribution is 2.36. The van der Waals surface area contributed by atoms with Crippen molar-refractivity contribution in [3.05, 3.63) is 53.7 Å². The molecule has 1 amide bonds. The number of amides is 1. The average Bonchev–Trinajstić information content (AvgIpc) is 2.68. The number of carbonyl (C=O) groups is 1. The molecule has 138 valence electrons. The van der Waals surface area contributed by atoms with Crippen LogP contribution in [0.5, 0.6) is 5.88 Å². The van der Waals surface area contributed by atoms with Crippen LogP contribution in [0.4, 0.5) is 5.69 Å². The summed E-state index contributed by atoms with van der Waals surface area (Å²) in [4.78, 5) is 17.5. The van der Waals surface area contributed by atoms with E-state index in [1.165, 1.54) is 0 Å². The van der Waals surface area contributed by atoms with Crippen LogP contribution in [0, 0.1) is 6.92 Å². The molecule has 1 saturated heterocycles. The Labute approximate surface area is 154 Å². The van der Waals surface area contributed by atoms with Crippen LogP contribution in [-0.4, -0.2) is 30.7 Å². The second-order valence-corrected chi connectivity index (χ2v) is 6.75. The summed E-state index contributed by atoms with van der Waals surface area (Å²) >= 11 is 0. The zero-order valence-electron chi connectivity index (χ0n) is 15.5. The minimum Gasteiger partial charge on any atom is -0.478 e. The van der Waals surface area contributed by atoms with Gasteiger partial charge in [-0.05, 0) is 37.8 Å². The van der Waals surface area contributed by atoms with Crippen molar-refractivity contribution in [3.63, 3.8) is 0 Å². The van der Waals surface area contributed by atoms with Crippen molar-refractivity contribution in [2.45, 2.75) is 38.5 Å². The van der Waals surface area contributed by atoms with Gasteiger partial charge in [0.1, 0.15) is 0 Å². The Morgan fingerprint density at radius 3 is 2.73 bits per heavy atom. The van der Waals surface area contributed by atoms with E-state index in [2.05, 4.69) is 16.4 Å². The summed E-state index contributed by atoms with van der Waals surface area (Å²) < 4.78 is 11.0. The lowest BCUT2D eigenvalue weighted by Crippen LogP contribution is -2.44. The van der Waals surface area contributed by atoms with Gasteiger partial charge in [-0.25, -0.2) is 4.98 Å². The molecule has 0 atom stereocenters. The predicted molar refractivity (Wildman–Crippen MR) is 102 cm³/mol. The number of rotatable bonds is 6. The van der Waals surface area contributed by atoms with E-state index in [-0.39, 0.29) is 5.91 Å². The van der Waals surface area contributed by atoms with Crippen LogP contribution >= 0.6 is 0 Å². The summed E-state index contributed by atoms with van der Waals surface area (Å²) in [6.45, 7) is 5.91. The van der Waals surface area contributed by atoms with Crippen LogP contribution in [0.2, 0.25) is 0 Å². The van der Waals surface area contributed by atoms with Gasteiger partial charge in [-0.2, -0.15) is 0 Å². The third-order valence-electron chi connectivity index (χ3n) is 4.80. The van der Waals surface area contributed by atoms with E-state index in [9.17, 15) is 4.79 Å². The first kappa shape index (κ1) is 18.4. The number of aromatic nitrogens is 1. The molecule has 0 spiro atoms. The molecule has 0 unspecified atom stereocenters. The Kier molecular flexibility index (Phi) is 5.89. The Bertz CT molecular complexity index is 737. The van der Waals surface area contributed by atoms with Crippen molar-refractivity contribution in [1.82, 2.24) is 4.98 Å². The average molecular weight is 354 g/mol. The fourth-order valence-corrected chi connectivity index (χ4v) is 3.31. The molecule has 1 aliphatic heterocycles. The molecule has 1 N–H and O–H groups in total. The fraction of sp³-hybridized carbons (Fsp3) is 0.429. The minimum atomic E-state index is -0.568. The number of nitrogens with zero attached hydrogens (tertiary/aromatic N) is 1. The quantitative estimate of drug-likeness (QED) is 0.855. The van der Waals surface area contributed by atoms with Gasteiger partial charge in [0.15, 0.2) is 0 Å². The van der Waals surface area contributed by atoms with Crippen molar-refractivity contribution >= 4 is 11.6 Å². The molecule has 0 bridgehead atoms. The van der Waals surface area contributed by atoms with Crippen molar-refractivity contribution in [1.29, 1.82) is 0 Å². The van der Waals surface area contributed by atoms with Crippen LogP contribution in [0.15, 0.2) is 42.6 Å². The van der Waals surface area contributed by atoms with Crippen LogP contribution < -0.4 is 10.1 Å². The van der Waals surface area contributed by atoms with Crippen molar-refractivity contribution in [2.24, 2.45) is 0 Å². The van der Waals surface area contributed by atoms with Gasteiger partial charge in [-0.15, -0.1) is 0 Å². The second kappa shape index (κ2) is 8.32. The maximum absolute atomic E-state index is 13.2. The molecule has 3 rings (SSSR count). The van der Waals surface area contributed by atoms with Gasteiger partial charge in [-0.1, -0.05) is 36.8 Å². The molecule has 1 aliphatic rings. The number of aryl methyl sites for hydroxylation is 1. The normalized spacial score (nSPS) is 16.1. The van der Waals surface area contributed by atoms with E-state index in [1.807, 2.05) is 38.1 Å². The third kappa shape index (κ3) is 4.05. The molecule has 0 aliphatic carbocycles. The minimum absolute atomic E-state index is 0.00423. The Hall–Kier alpha value is -2.40. The highest BCUT2D eigenvalue weighted by Gasteiger charge is 2.41. The zero-order chi connectivity index (χ0) is 18.4. The van der Waals surface area contributed by atoms with Crippen molar-refractivity contribution < 1.29 is 14.3 Å². The first-order valence-electron chi connectivity index (χ1n) is 9.19. The Balaban J connectivity index is 1.80. The lowest BCUT2D eigenvalue weighted by Gasteiger charge is -2.36. The van der Waals surface area contributed by atoms with Gasteiger partial charge in [0.05, 0.1) is 23.9 Å². The molecule has 5 heteroatoms. The monoisotopic (exact) mass is 354 g/mol. The standard InChI is InChI=1S/C21H26N2O3/c1-3-11-26-19-8-7-18(15-22-19)23-20(24)21(9-12-25-13-10-21)17-6-4-5-16(2)14-17/h4-8,14-15H,3,9-13H2,1-2H3,(H,23,24). The number of benzene rings is 1. The maximum Gasteiger partial charge on any atom is 0.235 e. The van der Waals surface area contributed by atoms with Crippen LogP contribution in [0.1, 0.15) is 37.3 Å². The first-order chi connectivity index (χ1) is 12.6. The van der Waals surface area contributed by atoms with Gasteiger partial charge in [0.25, 0.3) is 0 Å². The highest BCUT2D eigenvalue weighted by molar-refractivity contribution is 5.99. The number of carbonyl (C=O) groups excluding carboxylic acids is 1. The Morgan fingerprint density at radius 1 is 1.27 bits per heavy atom. The predicted octanol–water partition coefficient (Wildman–Crippen LogP) is 3.87. The van der Waals surface area contributed by atoms with E-state index >= 15 is 0 Å². The van der Waals surface area contributed by atoms with E-state index in [0.717, 1.165) is 17.5 Å². The zero-order valence-corrected chi connectivity index (χ0v) is 15.5. The van der Waals surface area contributed by atoms with Crippen LogP contribution in [0.25, 0.3) is 0 Å². The lowest BCUT2D eigenvalue weighted by molar-refractivity contribution is -0.125. The summed E-state index contributed by atoms with van der Waals surface area (Å²) in [5, 5.41) is 3.04. The fourth-order valence-electron chi connectivity index (χ4n) is 3.31. The summed E-state index contributed by atoms with van der Waals surface area (Å²) in [6, 6.07) is 11.8. The summed E-state index contributed by atoms with van der Waals surface area (Å²) in [5.41, 5.74) is 2.31. The van der Waals surface area contributed by atoms with E-state index in [4.69, 9.17) is 9.47 Å². The van der Waals surface area contributed by atoms with Crippen molar-refractivity contribution in [3.8, 4) is 5.88 Å². The summed E-state index contributed by atoms with van der Waals surface area (Å²) in [5.74, 6) is 0.569. The smallest absolute Gasteiger partial charge is 0.235 e. The molecule has 0 radical (unpaired) electrons. The summed E-state index contributed by atoms with van der Waals surface area (Å²) in [6.07, 6.45) is 3.92. The summed E-state index contributed by atoms with van der Waals surface area (Å²) in [7, 11) is 0. The number of pyridine rings is 1. The molecule has 1 fully saturated rings. The molecule has 1 aromatic carbocycles. The van der Waals surface area contributed by atoms with Gasteiger partial charge in [-0.3, -0.25) is 4.79 Å². The largest absolute Gasteiger partial charge is 0.478 e. The number of anilines is 1. The Morgan fingerprint density at radius 2 is 2.08 bits per heavy atom. The van der Waals surface area contributed by atoms with Crippen molar-refractivity contribution in [2.75, 3.05) is 25.1 Å². The highest BCUT2D eigenvalue weighted by atomic mass is 16.5. The second-order valence-electron chi connectivity index (χ2n) is 6.75. The molecule has 2 aromatic rings. The van der Waals surface area contributed by atoms with Crippen LogP contribution in [-0.2, 0) is 14.9 Å². The first-order valence-corrected chi connectivity index (χ1v) is 9.19. The number of ether oxygens (including phenoxy) is 2. The molecular formula is C21H26N2O3. The maximum atomic E-state index is 13.2. The molecule has 2 heterocycles. The van der Waals surface area contributed by atoms with E-state index < -0.39 is 5.41 Å². The van der Waals surface area contributed by atoms with Gasteiger partial charge < -0.3 is 14.8 Å². The van der Waals surface area contributed by atoms with Gasteiger partial charge in [0, 0.05) is 19.3 Å². The molecule has 5 nitrogen and oxygen atoms in total. The SMILES string of the molecule is CCCOc1ccc(NC(=O)C2(c3cccc(C)c3)CCOCC2)cn1. The van der Waals surface area contributed by atoms with E-state index in [1.54, 1.807) is 12.3 Å². The van der Waals surface area contributed by atoms with E-state index in [0.29, 0.717) is 44.2 Å². The van der Waals surface area contributed by atoms with Gasteiger partial charge >= 0.3 is 0 Å². The third-order valence-corrected chi connectivity index (χ3v) is 4.80. The number of hydrogen-bond donors (Lipinski definition) is 1. The topological polar surface area (TPSA) is 60.5 Å². The van der Waals surface area contributed by atoms with Gasteiger partial charge in [0.2, 0.25) is 11.8 Å². The molecule has 26 heavy (non-hydrogen) atoms.